The Balaban J connectivity index is 0.000000743. The Morgan fingerprint density at radius 2 is 1.10 bits per heavy atom. The lowest BCUT2D eigenvalue weighted by atomic mass is 8.38. The molecular formula is C8H9B21NO. The van der Waals surface area contributed by atoms with Gasteiger partial charge in [0.2, 0.25) is 5.91 Å². The summed E-state index contributed by atoms with van der Waals surface area (Å²) in [6.07, 6.45) is -6.78. The maximum absolute atomic E-state index is 10.5. The molecule has 0 fully saturated rings. The van der Waals surface area contributed by atoms with Crippen molar-refractivity contribution in [3.05, 3.63) is 30.3 Å². The van der Waals surface area contributed by atoms with E-state index in [1.54, 1.807) is 0 Å². The van der Waals surface area contributed by atoms with E-state index in [0.717, 1.165) is 5.69 Å². The number of carbonyl (C=O) groups is 1. The summed E-state index contributed by atoms with van der Waals surface area (Å²) in [5.74, 6) is -0.0359. The SMILES string of the molecule is CC(=O)Nc1ccccc1.[B][B]B(B([B])[B])B(B(B([B])[B])B([B])[B])B(B([B])[B])B([B])[B]. The third kappa shape index (κ3) is 11.2. The zero-order chi connectivity index (χ0) is 24.3. The van der Waals surface area contributed by atoms with Crippen molar-refractivity contribution >= 4 is 161 Å². The number of para-hydroxylation sites is 1. The Labute approximate surface area is 208 Å². The van der Waals surface area contributed by atoms with Crippen molar-refractivity contribution in [2.24, 2.45) is 0 Å². The van der Waals surface area contributed by atoms with Gasteiger partial charge in [0, 0.05) is 162 Å². The van der Waals surface area contributed by atoms with Gasteiger partial charge in [-0.05, 0) is 12.1 Å². The van der Waals surface area contributed by atoms with Crippen LogP contribution in [0.25, 0.3) is 0 Å². The molecule has 0 saturated carbocycles. The average molecular weight is 362 g/mol. The number of amides is 1. The number of benzene rings is 1. The van der Waals surface area contributed by atoms with E-state index in [4.69, 9.17) is 85.1 Å². The minimum absolute atomic E-state index is 0.0359. The lowest BCUT2D eigenvalue weighted by Crippen LogP contribution is -2.81. The topological polar surface area (TPSA) is 29.1 Å². The van der Waals surface area contributed by atoms with Crippen molar-refractivity contribution in [2.45, 2.75) is 6.92 Å². The molecule has 23 radical (unpaired) electrons. The summed E-state index contributed by atoms with van der Waals surface area (Å²) in [5, 5.41) is 2.67. The zero-order valence-electron chi connectivity index (χ0n) is 17.9. The van der Waals surface area contributed by atoms with Gasteiger partial charge in [-0.25, -0.2) is 0 Å². The second kappa shape index (κ2) is 15.8. The molecule has 0 atom stereocenters. The maximum atomic E-state index is 10.5. The molecule has 0 spiro atoms. The van der Waals surface area contributed by atoms with E-state index in [9.17, 15) is 4.79 Å². The third-order valence-electron chi connectivity index (χ3n) is 4.87. The summed E-state index contributed by atoms with van der Waals surface area (Å²) in [4.78, 5) is 10.5. The molecule has 1 N–H and O–H groups in total. The highest BCUT2D eigenvalue weighted by Crippen LogP contribution is 2.07. The zero-order valence-corrected chi connectivity index (χ0v) is 17.9. The van der Waals surface area contributed by atoms with Crippen LogP contribution in [0.4, 0.5) is 5.69 Å². The van der Waals surface area contributed by atoms with Crippen LogP contribution in [0.5, 0.6) is 0 Å². The molecule has 115 valence electrons. The third-order valence-corrected chi connectivity index (χ3v) is 4.87. The quantitative estimate of drug-likeness (QED) is 0.413. The molecule has 31 heavy (non-hydrogen) atoms. The molecule has 0 aliphatic heterocycles. The summed E-state index contributed by atoms with van der Waals surface area (Å²) in [6.45, 7) is 1.49. The van der Waals surface area contributed by atoms with Crippen LogP contribution in [0.1, 0.15) is 6.92 Å². The minimum atomic E-state index is -0.879. The number of anilines is 1. The Bertz CT molecular complexity index is 577. The first kappa shape index (κ1) is 31.1. The summed E-state index contributed by atoms with van der Waals surface area (Å²) in [6, 6.07) is 9.37. The van der Waals surface area contributed by atoms with Crippen LogP contribution in [-0.2, 0) is 4.79 Å². The Morgan fingerprint density at radius 1 is 0.710 bits per heavy atom. The summed E-state index contributed by atoms with van der Waals surface area (Å²) in [5.41, 5.74) is 0.843. The first-order valence-electron chi connectivity index (χ1n) is 9.78. The van der Waals surface area contributed by atoms with Crippen molar-refractivity contribution in [2.75, 3.05) is 5.32 Å². The van der Waals surface area contributed by atoms with Crippen molar-refractivity contribution in [1.29, 1.82) is 0 Å². The second-order valence-corrected chi connectivity index (χ2v) is 7.44. The predicted molar refractivity (Wildman–Crippen MR) is 162 cm³/mol. The largest absolute Gasteiger partial charge is 0.326 e. The second-order valence-electron chi connectivity index (χ2n) is 7.44. The van der Waals surface area contributed by atoms with E-state index in [1.165, 1.54) is 14.0 Å². The van der Waals surface area contributed by atoms with Gasteiger partial charge >= 0.3 is 0 Å². The van der Waals surface area contributed by atoms with E-state index in [0.29, 0.717) is 0 Å². The Kier molecular flexibility index (Phi) is 15.8. The van der Waals surface area contributed by atoms with Crippen LogP contribution in [0.2, 0.25) is 0 Å². The molecule has 23 heteroatoms. The molecule has 0 unspecified atom stereocenters. The average Bonchev–Trinajstić information content (AvgIpc) is 2.61. The summed E-state index contributed by atoms with van der Waals surface area (Å²) >= 11 is 0. The van der Waals surface area contributed by atoms with Gasteiger partial charge in [-0.15, -0.1) is 0 Å². The highest BCUT2D eigenvalue weighted by atomic mass is 16.1. The predicted octanol–water partition coefficient (Wildman–Crippen LogP) is -6.35. The van der Waals surface area contributed by atoms with Gasteiger partial charge in [0.15, 0.2) is 0 Å². The van der Waals surface area contributed by atoms with Crippen LogP contribution >= 0.6 is 0 Å². The van der Waals surface area contributed by atoms with Crippen LogP contribution in [-0.4, -0.2) is 156 Å². The number of carbonyl (C=O) groups excluding carboxylic acids is 1. The molecule has 0 heterocycles. The van der Waals surface area contributed by atoms with E-state index in [2.05, 4.69) is 5.32 Å². The maximum Gasteiger partial charge on any atom is 0.221 e. The highest BCUT2D eigenvalue weighted by molar-refractivity contribution is 8.20. The van der Waals surface area contributed by atoms with Crippen LogP contribution in [0.3, 0.4) is 0 Å². The van der Waals surface area contributed by atoms with Gasteiger partial charge in [-0.3, -0.25) is 4.79 Å². The molecule has 0 aliphatic carbocycles. The minimum Gasteiger partial charge on any atom is -0.326 e. The molecule has 1 rings (SSSR count). The number of hydrogen-bond acceptors (Lipinski definition) is 1. The fraction of sp³-hybridized carbons (Fsp3) is 0.125. The Morgan fingerprint density at radius 3 is 1.35 bits per heavy atom. The van der Waals surface area contributed by atoms with Crippen LogP contribution in [0, 0.1) is 0 Å². The highest BCUT2D eigenvalue weighted by Gasteiger charge is 2.45. The van der Waals surface area contributed by atoms with Gasteiger partial charge in [0.1, 0.15) is 0 Å². The van der Waals surface area contributed by atoms with Crippen molar-refractivity contribution in [3.8, 4) is 0 Å². The molecule has 1 amide bonds. The molecule has 0 aromatic heterocycles. The van der Waals surface area contributed by atoms with E-state index < -0.39 is 57.5 Å². The van der Waals surface area contributed by atoms with Gasteiger partial charge in [0.25, 0.3) is 0 Å². The van der Waals surface area contributed by atoms with Crippen LogP contribution in [0.15, 0.2) is 30.3 Å². The van der Waals surface area contributed by atoms with Crippen molar-refractivity contribution in [1.82, 2.24) is 0 Å². The molecule has 0 saturated heterocycles. The van der Waals surface area contributed by atoms with Gasteiger partial charge in [-0.2, -0.15) is 0 Å². The molecule has 0 bridgehead atoms. The molecular weight excluding hydrogens is 353 g/mol. The molecule has 1 aromatic rings. The fourth-order valence-corrected chi connectivity index (χ4v) is 3.55. The molecule has 0 aliphatic rings. The lowest BCUT2D eigenvalue weighted by molar-refractivity contribution is -0.114. The van der Waals surface area contributed by atoms with Crippen LogP contribution < -0.4 is 5.32 Å². The Hall–Kier alpha value is 0.0536. The number of nitrogens with one attached hydrogen (secondary N) is 1. The normalized spacial score (nSPS) is 9.06. The summed E-state index contributed by atoms with van der Waals surface area (Å²) in [7, 11) is 64.8. The standard InChI is InChI=1S/C8H9NO.B21/c1-7(10)9-8-5-3-2-4-6-8;1-12-18(13(2)3)21(19(14(4)5)15(6)7)20(16(8)9)17(10)11/h2-6H,1H3,(H,9,10);. The van der Waals surface area contributed by atoms with Crippen molar-refractivity contribution in [3.63, 3.8) is 0 Å². The summed E-state index contributed by atoms with van der Waals surface area (Å²) < 4.78 is 0. The smallest absolute Gasteiger partial charge is 0.221 e. The van der Waals surface area contributed by atoms with E-state index >= 15 is 0 Å². The fourth-order valence-electron chi connectivity index (χ4n) is 3.55. The van der Waals surface area contributed by atoms with Gasteiger partial charge in [-0.1, -0.05) is 18.2 Å². The van der Waals surface area contributed by atoms with E-state index in [1.807, 2.05) is 30.3 Å². The first-order valence-corrected chi connectivity index (χ1v) is 9.78. The number of hydrogen-bond donors (Lipinski definition) is 1. The molecule has 1 aromatic carbocycles. The van der Waals surface area contributed by atoms with Gasteiger partial charge in [0.05, 0.1) is 0 Å². The lowest BCUT2D eigenvalue weighted by Gasteiger charge is -2.43. The first-order chi connectivity index (χ1) is 14.3. The molecule has 2 nitrogen and oxygen atoms in total. The number of rotatable bonds is 10. The monoisotopic (exact) mass is 366 g/mol. The van der Waals surface area contributed by atoms with E-state index in [-0.39, 0.29) is 5.91 Å². The van der Waals surface area contributed by atoms with Crippen molar-refractivity contribution < 1.29 is 4.79 Å². The van der Waals surface area contributed by atoms with Gasteiger partial charge < -0.3 is 5.32 Å².